The smallest absolute Gasteiger partial charge is 0.140 e. The summed E-state index contributed by atoms with van der Waals surface area (Å²) in [7, 11) is 1.63. The lowest BCUT2D eigenvalue weighted by Gasteiger charge is -2.15. The average Bonchev–Trinajstić information content (AvgIpc) is 3.05. The fourth-order valence-corrected chi connectivity index (χ4v) is 3.95. The van der Waals surface area contributed by atoms with E-state index in [4.69, 9.17) is 16.3 Å². The Hall–Kier alpha value is -3.43. The number of hydrogen-bond donors (Lipinski definition) is 1. The first-order chi connectivity index (χ1) is 14.0. The predicted molar refractivity (Wildman–Crippen MR) is 113 cm³/mol. The molecule has 1 N–H and O–H groups in total. The number of pyridine rings is 1. The largest absolute Gasteiger partial charge is 0.496 e. The number of H-pyrrole nitrogens is 1. The van der Waals surface area contributed by atoms with Crippen LogP contribution < -0.4 is 4.74 Å². The van der Waals surface area contributed by atoms with Crippen LogP contribution in [0.15, 0.2) is 30.7 Å². The Morgan fingerprint density at radius 2 is 1.79 bits per heavy atom. The van der Waals surface area contributed by atoms with Crippen LogP contribution in [-0.2, 0) is 0 Å². The Morgan fingerprint density at radius 3 is 2.45 bits per heavy atom. The molecule has 144 valence electrons. The van der Waals surface area contributed by atoms with Gasteiger partial charge in [0.25, 0.3) is 0 Å². The number of methoxy groups -OCH3 is 1. The zero-order valence-electron chi connectivity index (χ0n) is 16.5. The monoisotopic (exact) mass is 403 g/mol. The summed E-state index contributed by atoms with van der Waals surface area (Å²) in [6.07, 6.45) is 5.10. The van der Waals surface area contributed by atoms with Crippen molar-refractivity contribution in [3.63, 3.8) is 0 Å². The number of ether oxygens (including phenoxy) is 1. The Morgan fingerprint density at radius 1 is 1.07 bits per heavy atom. The topological polar surface area (TPSA) is 87.5 Å². The Balaban J connectivity index is 2.01. The van der Waals surface area contributed by atoms with E-state index in [1.807, 2.05) is 32.9 Å². The van der Waals surface area contributed by atoms with Crippen LogP contribution in [0.2, 0.25) is 5.02 Å². The zero-order valence-corrected chi connectivity index (χ0v) is 17.2. The minimum Gasteiger partial charge on any atom is -0.496 e. The van der Waals surface area contributed by atoms with Crippen molar-refractivity contribution >= 4 is 22.6 Å². The minimum absolute atomic E-state index is 0.427. The fraction of sp³-hybridized carbons (Fsp3) is 0.182. The van der Waals surface area contributed by atoms with Crippen LogP contribution in [0.1, 0.15) is 22.5 Å². The van der Waals surface area contributed by atoms with Gasteiger partial charge in [0.2, 0.25) is 0 Å². The second-order valence-corrected chi connectivity index (χ2v) is 7.18. The number of aryl methyl sites for hydroxylation is 2. The Bertz CT molecular complexity index is 1290. The normalized spacial score (nSPS) is 10.9. The van der Waals surface area contributed by atoms with Crippen LogP contribution in [0.4, 0.5) is 0 Å². The maximum atomic E-state index is 10.0. The van der Waals surface area contributed by atoms with Crippen molar-refractivity contribution in [1.82, 2.24) is 19.9 Å². The number of nitrogens with zero attached hydrogens (tertiary/aromatic N) is 4. The van der Waals surface area contributed by atoms with E-state index in [1.165, 1.54) is 0 Å². The van der Waals surface area contributed by atoms with E-state index in [0.29, 0.717) is 33.1 Å². The highest BCUT2D eigenvalue weighted by atomic mass is 35.5. The van der Waals surface area contributed by atoms with Gasteiger partial charge in [0.05, 0.1) is 28.8 Å². The molecule has 1 aromatic carbocycles. The van der Waals surface area contributed by atoms with Crippen molar-refractivity contribution in [2.24, 2.45) is 0 Å². The zero-order chi connectivity index (χ0) is 20.7. The van der Waals surface area contributed by atoms with Gasteiger partial charge in [-0.1, -0.05) is 17.7 Å². The van der Waals surface area contributed by atoms with Crippen LogP contribution in [0.5, 0.6) is 5.75 Å². The summed E-state index contributed by atoms with van der Waals surface area (Å²) >= 11 is 6.71. The lowest BCUT2D eigenvalue weighted by molar-refractivity contribution is 0.412. The molecule has 4 rings (SSSR count). The van der Waals surface area contributed by atoms with Gasteiger partial charge in [-0.15, -0.1) is 0 Å². The lowest BCUT2D eigenvalue weighted by atomic mass is 9.92. The molecule has 4 aromatic rings. The van der Waals surface area contributed by atoms with Gasteiger partial charge in [-0.2, -0.15) is 5.26 Å². The molecule has 0 saturated carbocycles. The highest BCUT2D eigenvalue weighted by Gasteiger charge is 2.22. The molecular weight excluding hydrogens is 386 g/mol. The van der Waals surface area contributed by atoms with E-state index < -0.39 is 0 Å². The van der Waals surface area contributed by atoms with E-state index in [2.05, 4.69) is 26.0 Å². The number of hydrogen-bond acceptors (Lipinski definition) is 5. The Labute approximate surface area is 173 Å². The quantitative estimate of drug-likeness (QED) is 0.511. The summed E-state index contributed by atoms with van der Waals surface area (Å²) in [5, 5.41) is 11.0. The van der Waals surface area contributed by atoms with Crippen molar-refractivity contribution in [2.45, 2.75) is 20.8 Å². The summed E-state index contributed by atoms with van der Waals surface area (Å²) in [5.74, 6) is 1.43. The molecule has 0 unspecified atom stereocenters. The third-order valence-corrected chi connectivity index (χ3v) is 5.43. The Kier molecular flexibility index (Phi) is 4.69. The molecule has 0 aliphatic heterocycles. The number of rotatable bonds is 3. The second kappa shape index (κ2) is 7.19. The molecule has 0 aliphatic rings. The van der Waals surface area contributed by atoms with Gasteiger partial charge in [0.15, 0.2) is 0 Å². The fourth-order valence-electron chi connectivity index (χ4n) is 3.61. The molecule has 0 atom stereocenters. The first kappa shape index (κ1) is 18.9. The van der Waals surface area contributed by atoms with Gasteiger partial charge in [0, 0.05) is 29.7 Å². The summed E-state index contributed by atoms with van der Waals surface area (Å²) in [6, 6.07) is 6.22. The van der Waals surface area contributed by atoms with Gasteiger partial charge >= 0.3 is 0 Å². The van der Waals surface area contributed by atoms with Crippen molar-refractivity contribution in [2.75, 3.05) is 7.11 Å². The summed E-state index contributed by atoms with van der Waals surface area (Å²) in [6.45, 7) is 5.79. The van der Waals surface area contributed by atoms with E-state index >= 15 is 0 Å². The molecule has 0 aliphatic carbocycles. The SMILES string of the molecule is COc1ccc(C)c(-c2cnc3[nH]c(-c4cnc(C)nc4)c(Cl)c3c2C#N)c1C. The number of aromatic nitrogens is 4. The van der Waals surface area contributed by atoms with Gasteiger partial charge in [-0.05, 0) is 43.5 Å². The molecule has 0 amide bonds. The molecule has 0 saturated heterocycles. The van der Waals surface area contributed by atoms with E-state index in [1.54, 1.807) is 25.7 Å². The molecule has 29 heavy (non-hydrogen) atoms. The molecule has 0 radical (unpaired) electrons. The van der Waals surface area contributed by atoms with E-state index in [0.717, 1.165) is 33.6 Å². The van der Waals surface area contributed by atoms with E-state index in [-0.39, 0.29) is 0 Å². The van der Waals surface area contributed by atoms with Crippen molar-refractivity contribution in [3.05, 3.63) is 58.3 Å². The molecule has 0 spiro atoms. The molecule has 0 fully saturated rings. The van der Waals surface area contributed by atoms with Crippen molar-refractivity contribution in [3.8, 4) is 34.2 Å². The average molecular weight is 404 g/mol. The highest BCUT2D eigenvalue weighted by Crippen LogP contribution is 2.41. The highest BCUT2D eigenvalue weighted by molar-refractivity contribution is 6.38. The molecule has 0 bridgehead atoms. The molecular formula is C22H18ClN5O. The number of fused-ring (bicyclic) bond motifs is 1. The van der Waals surface area contributed by atoms with Gasteiger partial charge < -0.3 is 9.72 Å². The van der Waals surface area contributed by atoms with Crippen molar-refractivity contribution in [1.29, 1.82) is 5.26 Å². The van der Waals surface area contributed by atoms with Crippen LogP contribution in [0, 0.1) is 32.1 Å². The lowest BCUT2D eigenvalue weighted by Crippen LogP contribution is -1.97. The first-order valence-corrected chi connectivity index (χ1v) is 9.38. The van der Waals surface area contributed by atoms with Crippen LogP contribution >= 0.6 is 11.6 Å². The predicted octanol–water partition coefficient (Wildman–Crippen LogP) is 5.15. The first-order valence-electron chi connectivity index (χ1n) is 9.00. The maximum Gasteiger partial charge on any atom is 0.140 e. The van der Waals surface area contributed by atoms with Gasteiger partial charge in [-0.3, -0.25) is 0 Å². The maximum absolute atomic E-state index is 10.0. The molecule has 3 aromatic heterocycles. The van der Waals surface area contributed by atoms with Crippen molar-refractivity contribution < 1.29 is 4.74 Å². The second-order valence-electron chi connectivity index (χ2n) is 6.80. The van der Waals surface area contributed by atoms with Gasteiger partial charge in [0.1, 0.15) is 23.3 Å². The third kappa shape index (κ3) is 3.00. The molecule has 7 heteroatoms. The van der Waals surface area contributed by atoms with E-state index in [9.17, 15) is 5.26 Å². The summed E-state index contributed by atoms with van der Waals surface area (Å²) in [5.41, 5.74) is 6.01. The number of nitriles is 1. The molecule has 6 nitrogen and oxygen atoms in total. The minimum atomic E-state index is 0.427. The number of aromatic amines is 1. The standard InChI is InChI=1S/C22H18ClN5O/c1-11-5-6-17(29-4)12(2)18(11)16-10-27-22-19(15(16)7-24)20(23)21(28-22)14-8-25-13(3)26-9-14/h5-6,8-10H,1-4H3,(H,27,28). The number of benzene rings is 1. The van der Waals surface area contributed by atoms with Crippen LogP contribution in [0.25, 0.3) is 33.4 Å². The number of halogens is 1. The van der Waals surface area contributed by atoms with Crippen LogP contribution in [-0.4, -0.2) is 27.0 Å². The number of nitrogens with one attached hydrogen (secondary N) is 1. The third-order valence-electron chi connectivity index (χ3n) is 5.06. The summed E-state index contributed by atoms with van der Waals surface area (Å²) in [4.78, 5) is 16.2. The molecule has 3 heterocycles. The van der Waals surface area contributed by atoms with Gasteiger partial charge in [-0.25, -0.2) is 15.0 Å². The summed E-state index contributed by atoms with van der Waals surface area (Å²) < 4.78 is 5.47. The van der Waals surface area contributed by atoms with Crippen LogP contribution in [0.3, 0.4) is 0 Å².